The number of rotatable bonds is 5. The van der Waals surface area contributed by atoms with Crippen molar-refractivity contribution < 1.29 is 5.11 Å². The van der Waals surface area contributed by atoms with Crippen molar-refractivity contribution in [3.8, 4) is 0 Å². The second-order valence-corrected chi connectivity index (χ2v) is 7.16. The highest BCUT2D eigenvalue weighted by Gasteiger charge is 2.35. The number of aliphatic hydroxyl groups is 1. The predicted molar refractivity (Wildman–Crippen MR) is 95.8 cm³/mol. The van der Waals surface area contributed by atoms with Crippen LogP contribution in [0.5, 0.6) is 0 Å². The van der Waals surface area contributed by atoms with Crippen molar-refractivity contribution in [2.75, 3.05) is 32.8 Å². The highest BCUT2D eigenvalue weighted by atomic mass is 35.5. The fraction of sp³-hybridized carbons (Fsp3) is 0.667. The van der Waals surface area contributed by atoms with E-state index in [4.69, 9.17) is 0 Å². The Hall–Kier alpha value is -0.610. The maximum Gasteiger partial charge on any atom is 0.0500 e. The molecule has 0 unspecified atom stereocenters. The van der Waals surface area contributed by atoms with Crippen LogP contribution in [0.15, 0.2) is 24.3 Å². The molecule has 2 rings (SSSR count). The number of halogens is 1. The molecular formula is C18H31ClN2O. The van der Waals surface area contributed by atoms with Crippen LogP contribution in [0.3, 0.4) is 0 Å². The Kier molecular flexibility index (Phi) is 7.33. The van der Waals surface area contributed by atoms with E-state index in [1.165, 1.54) is 11.1 Å². The minimum Gasteiger partial charge on any atom is -0.396 e. The molecule has 1 aromatic rings. The van der Waals surface area contributed by atoms with Crippen LogP contribution in [0.2, 0.25) is 0 Å². The summed E-state index contributed by atoms with van der Waals surface area (Å²) in [6.45, 7) is 13.1. The number of benzene rings is 1. The molecule has 0 amide bonds. The monoisotopic (exact) mass is 326 g/mol. The standard InChI is InChI=1S/C18H30N2O.ClH/c1-14(2)15-6-5-7-16(12-15)17(18(3,4)13-21)20-10-8-19-9-11-20;/h5-7,12,14,17,19,21H,8-11,13H2,1-4H3;1H/t17-;/m1./s1. The van der Waals surface area contributed by atoms with Crippen LogP contribution in [0.4, 0.5) is 0 Å². The van der Waals surface area contributed by atoms with E-state index in [0.717, 1.165) is 26.2 Å². The molecule has 1 aliphatic heterocycles. The molecule has 4 heteroatoms. The van der Waals surface area contributed by atoms with Gasteiger partial charge in [-0.3, -0.25) is 4.90 Å². The molecular weight excluding hydrogens is 296 g/mol. The first-order valence-electron chi connectivity index (χ1n) is 8.11. The molecule has 22 heavy (non-hydrogen) atoms. The fourth-order valence-corrected chi connectivity index (χ4v) is 3.27. The first-order valence-corrected chi connectivity index (χ1v) is 8.11. The van der Waals surface area contributed by atoms with Gasteiger partial charge < -0.3 is 10.4 Å². The van der Waals surface area contributed by atoms with Gasteiger partial charge in [0.2, 0.25) is 0 Å². The third-order valence-corrected chi connectivity index (χ3v) is 4.56. The van der Waals surface area contributed by atoms with Gasteiger partial charge in [0.25, 0.3) is 0 Å². The molecule has 0 bridgehead atoms. The van der Waals surface area contributed by atoms with Crippen molar-refractivity contribution in [2.24, 2.45) is 5.41 Å². The van der Waals surface area contributed by atoms with Gasteiger partial charge in [-0.2, -0.15) is 0 Å². The Balaban J connectivity index is 0.00000242. The van der Waals surface area contributed by atoms with Crippen molar-refractivity contribution in [2.45, 2.75) is 39.7 Å². The van der Waals surface area contributed by atoms with Gasteiger partial charge in [0, 0.05) is 44.2 Å². The highest BCUT2D eigenvalue weighted by molar-refractivity contribution is 5.85. The lowest BCUT2D eigenvalue weighted by atomic mass is 9.79. The summed E-state index contributed by atoms with van der Waals surface area (Å²) in [7, 11) is 0. The molecule has 3 nitrogen and oxygen atoms in total. The molecule has 0 aromatic heterocycles. The summed E-state index contributed by atoms with van der Waals surface area (Å²) >= 11 is 0. The van der Waals surface area contributed by atoms with Crippen LogP contribution < -0.4 is 5.32 Å². The summed E-state index contributed by atoms with van der Waals surface area (Å²) in [4.78, 5) is 2.52. The molecule has 126 valence electrons. The summed E-state index contributed by atoms with van der Waals surface area (Å²) in [5, 5.41) is 13.3. The zero-order chi connectivity index (χ0) is 15.5. The van der Waals surface area contributed by atoms with Gasteiger partial charge in [0.15, 0.2) is 0 Å². The van der Waals surface area contributed by atoms with Crippen molar-refractivity contribution >= 4 is 12.4 Å². The zero-order valence-electron chi connectivity index (χ0n) is 14.3. The molecule has 1 fully saturated rings. The zero-order valence-corrected chi connectivity index (χ0v) is 15.1. The van der Waals surface area contributed by atoms with Crippen molar-refractivity contribution in [3.63, 3.8) is 0 Å². The molecule has 1 saturated heterocycles. The second-order valence-electron chi connectivity index (χ2n) is 7.16. The van der Waals surface area contributed by atoms with Crippen LogP contribution in [-0.4, -0.2) is 42.8 Å². The highest BCUT2D eigenvalue weighted by Crippen LogP contribution is 2.39. The van der Waals surface area contributed by atoms with Gasteiger partial charge in [-0.1, -0.05) is 52.0 Å². The van der Waals surface area contributed by atoms with Crippen molar-refractivity contribution in [3.05, 3.63) is 35.4 Å². The van der Waals surface area contributed by atoms with Crippen LogP contribution in [0.25, 0.3) is 0 Å². The predicted octanol–water partition coefficient (Wildman–Crippen LogP) is 3.20. The Bertz CT molecular complexity index is 456. The third-order valence-electron chi connectivity index (χ3n) is 4.56. The Labute approximate surface area is 141 Å². The molecule has 0 radical (unpaired) electrons. The van der Waals surface area contributed by atoms with Crippen molar-refractivity contribution in [1.29, 1.82) is 0 Å². The number of nitrogens with zero attached hydrogens (tertiary/aromatic N) is 1. The first kappa shape index (κ1) is 19.4. The first-order chi connectivity index (χ1) is 9.95. The van der Waals surface area contributed by atoms with Crippen LogP contribution in [0, 0.1) is 5.41 Å². The molecule has 1 aromatic carbocycles. The van der Waals surface area contributed by atoms with E-state index in [1.54, 1.807) is 0 Å². The van der Waals surface area contributed by atoms with Crippen LogP contribution in [-0.2, 0) is 0 Å². The topological polar surface area (TPSA) is 35.5 Å². The quantitative estimate of drug-likeness (QED) is 0.872. The number of hydrogen-bond acceptors (Lipinski definition) is 3. The van der Waals surface area contributed by atoms with Gasteiger partial charge >= 0.3 is 0 Å². The molecule has 0 spiro atoms. The van der Waals surface area contributed by atoms with Gasteiger partial charge in [-0.15, -0.1) is 12.4 Å². The lowest BCUT2D eigenvalue weighted by molar-refractivity contribution is 0.0305. The Morgan fingerprint density at radius 2 is 1.77 bits per heavy atom. The minimum atomic E-state index is -0.146. The Morgan fingerprint density at radius 1 is 1.18 bits per heavy atom. The van der Waals surface area contributed by atoms with Gasteiger partial charge in [0.1, 0.15) is 0 Å². The van der Waals surface area contributed by atoms with Gasteiger partial charge in [0.05, 0.1) is 0 Å². The van der Waals surface area contributed by atoms with Gasteiger partial charge in [-0.25, -0.2) is 0 Å². The smallest absolute Gasteiger partial charge is 0.0500 e. The van der Waals surface area contributed by atoms with Crippen LogP contribution in [0.1, 0.15) is 50.8 Å². The maximum atomic E-state index is 9.89. The normalized spacial score (nSPS) is 18.1. The summed E-state index contributed by atoms with van der Waals surface area (Å²) < 4.78 is 0. The maximum absolute atomic E-state index is 9.89. The van der Waals surface area contributed by atoms with E-state index in [9.17, 15) is 5.11 Å². The van der Waals surface area contributed by atoms with E-state index in [1.807, 2.05) is 0 Å². The van der Waals surface area contributed by atoms with E-state index < -0.39 is 0 Å². The summed E-state index contributed by atoms with van der Waals surface area (Å²) in [6.07, 6.45) is 0. The summed E-state index contributed by atoms with van der Waals surface area (Å²) in [5.74, 6) is 0.533. The molecule has 1 aliphatic rings. The van der Waals surface area contributed by atoms with E-state index in [0.29, 0.717) is 5.92 Å². The number of hydrogen-bond donors (Lipinski definition) is 2. The molecule has 0 aliphatic carbocycles. The van der Waals surface area contributed by atoms with E-state index in [2.05, 4.69) is 62.2 Å². The molecule has 2 N–H and O–H groups in total. The largest absolute Gasteiger partial charge is 0.396 e. The summed E-state index contributed by atoms with van der Waals surface area (Å²) in [5.41, 5.74) is 2.57. The minimum absolute atomic E-state index is 0. The fourth-order valence-electron chi connectivity index (χ4n) is 3.27. The molecule has 0 saturated carbocycles. The average Bonchev–Trinajstić information content (AvgIpc) is 2.48. The summed E-state index contributed by atoms with van der Waals surface area (Å²) in [6, 6.07) is 9.18. The molecule has 1 atom stereocenters. The lowest BCUT2D eigenvalue weighted by Crippen LogP contribution is -2.49. The Morgan fingerprint density at radius 3 is 2.32 bits per heavy atom. The van der Waals surface area contributed by atoms with Crippen molar-refractivity contribution in [1.82, 2.24) is 10.2 Å². The lowest BCUT2D eigenvalue weighted by Gasteiger charge is -2.43. The number of nitrogens with one attached hydrogen (secondary N) is 1. The second kappa shape index (κ2) is 8.30. The number of aliphatic hydroxyl groups excluding tert-OH is 1. The van der Waals surface area contributed by atoms with E-state index >= 15 is 0 Å². The average molecular weight is 327 g/mol. The van der Waals surface area contributed by atoms with Gasteiger partial charge in [-0.05, 0) is 17.0 Å². The SMILES string of the molecule is CC(C)c1cccc([C@@H](N2CCNCC2)C(C)(C)CO)c1.Cl. The third kappa shape index (κ3) is 4.45. The molecule has 1 heterocycles. The number of piperazine rings is 1. The van der Waals surface area contributed by atoms with E-state index in [-0.39, 0.29) is 30.5 Å². The van der Waals surface area contributed by atoms with Crippen LogP contribution >= 0.6 is 12.4 Å².